The van der Waals surface area contributed by atoms with E-state index in [9.17, 15) is 23.4 Å². The predicted molar refractivity (Wildman–Crippen MR) is 99.5 cm³/mol. The number of phenolic OH excluding ortho intramolecular Hbond substituents is 2. The van der Waals surface area contributed by atoms with Gasteiger partial charge in [-0.2, -0.15) is 13.2 Å². The molecule has 0 atom stereocenters. The molecular weight excluding hydrogens is 589 g/mol. The molecule has 0 aliphatic rings. The van der Waals surface area contributed by atoms with Gasteiger partial charge in [0.2, 0.25) is 0 Å². The Balaban J connectivity index is 2.83. The highest BCUT2D eigenvalue weighted by Crippen LogP contribution is 2.50. The first-order valence-corrected chi connectivity index (χ1v) is 9.50. The van der Waals surface area contributed by atoms with Crippen LogP contribution in [0.4, 0.5) is 13.2 Å². The normalized spacial score (nSPS) is 12.5. The molecule has 0 bridgehead atoms. The summed E-state index contributed by atoms with van der Waals surface area (Å²) in [6.45, 7) is 1.05. The zero-order valence-electron chi connectivity index (χ0n) is 11.8. The van der Waals surface area contributed by atoms with E-state index in [4.69, 9.17) is 0 Å². The minimum atomic E-state index is -4.63. The summed E-state index contributed by atoms with van der Waals surface area (Å²) in [5.41, 5.74) is -2.52. The van der Waals surface area contributed by atoms with Crippen LogP contribution >= 0.6 is 63.7 Å². The van der Waals surface area contributed by atoms with Crippen LogP contribution in [0.25, 0.3) is 0 Å². The number of hydrogen-bond donors (Lipinski definition) is 2. The lowest BCUT2D eigenvalue weighted by molar-refractivity contribution is -0.173. The zero-order valence-corrected chi connectivity index (χ0v) is 18.2. The fourth-order valence-corrected chi connectivity index (χ4v) is 4.58. The Morgan fingerprint density at radius 3 is 1.17 bits per heavy atom. The van der Waals surface area contributed by atoms with E-state index in [1.54, 1.807) is 0 Å². The molecule has 0 amide bonds. The summed E-state index contributed by atoms with van der Waals surface area (Å²) in [4.78, 5) is 0. The lowest BCUT2D eigenvalue weighted by Gasteiger charge is -2.34. The van der Waals surface area contributed by atoms with Gasteiger partial charge in [-0.1, -0.05) is 0 Å². The Kier molecular flexibility index (Phi) is 5.69. The summed E-state index contributed by atoms with van der Waals surface area (Å²) in [6, 6.07) is 4.90. The summed E-state index contributed by atoms with van der Waals surface area (Å²) >= 11 is 12.3. The first-order chi connectivity index (χ1) is 10.9. The van der Waals surface area contributed by atoms with E-state index < -0.39 is 11.6 Å². The van der Waals surface area contributed by atoms with Gasteiger partial charge in [-0.3, -0.25) is 0 Å². The van der Waals surface area contributed by atoms with E-state index in [0.717, 1.165) is 6.92 Å². The van der Waals surface area contributed by atoms with Crippen LogP contribution in [0.2, 0.25) is 0 Å². The summed E-state index contributed by atoms with van der Waals surface area (Å²) in [5, 5.41) is 19.5. The Bertz CT molecular complexity index is 702. The van der Waals surface area contributed by atoms with Crippen LogP contribution < -0.4 is 0 Å². The van der Waals surface area contributed by atoms with Crippen molar-refractivity contribution in [2.75, 3.05) is 0 Å². The number of rotatable bonds is 2. The van der Waals surface area contributed by atoms with Crippen molar-refractivity contribution in [3.8, 4) is 11.5 Å². The number of benzene rings is 2. The molecular formula is C15H9Br4F3O2. The molecule has 0 aromatic heterocycles. The van der Waals surface area contributed by atoms with Gasteiger partial charge in [0.05, 0.1) is 17.9 Å². The number of phenols is 2. The van der Waals surface area contributed by atoms with Crippen LogP contribution in [0.5, 0.6) is 11.5 Å². The molecule has 2 aromatic rings. The molecule has 0 aliphatic heterocycles. The summed E-state index contributed by atoms with van der Waals surface area (Å²) in [7, 11) is 0. The molecule has 130 valence electrons. The van der Waals surface area contributed by atoms with Crippen LogP contribution in [0.15, 0.2) is 42.2 Å². The zero-order chi connectivity index (χ0) is 18.4. The SMILES string of the molecule is CC(c1cc(Br)c(O)c(Br)c1)(c1cc(Br)c(O)c(Br)c1)C(F)(F)F. The molecule has 0 aliphatic carbocycles. The number of halogens is 7. The van der Waals surface area contributed by atoms with E-state index in [1.165, 1.54) is 24.3 Å². The first kappa shape index (κ1) is 20.1. The second-order valence-corrected chi connectivity index (χ2v) is 8.62. The van der Waals surface area contributed by atoms with Crippen LogP contribution in [0.3, 0.4) is 0 Å². The van der Waals surface area contributed by atoms with Crippen LogP contribution in [-0.4, -0.2) is 16.4 Å². The third-order valence-corrected chi connectivity index (χ3v) is 6.17. The van der Waals surface area contributed by atoms with Gasteiger partial charge in [0.1, 0.15) is 16.9 Å². The number of alkyl halides is 3. The van der Waals surface area contributed by atoms with Crippen molar-refractivity contribution < 1.29 is 23.4 Å². The summed E-state index contributed by atoms with van der Waals surface area (Å²) in [6.07, 6.45) is -4.63. The van der Waals surface area contributed by atoms with Crippen molar-refractivity contribution in [3.63, 3.8) is 0 Å². The minimum Gasteiger partial charge on any atom is -0.506 e. The third-order valence-electron chi connectivity index (χ3n) is 3.76. The van der Waals surface area contributed by atoms with Gasteiger partial charge < -0.3 is 10.2 Å². The minimum absolute atomic E-state index is 0.0731. The molecule has 0 radical (unpaired) electrons. The lowest BCUT2D eigenvalue weighted by atomic mass is 9.75. The van der Waals surface area contributed by atoms with Crippen molar-refractivity contribution in [3.05, 3.63) is 53.3 Å². The average molecular weight is 598 g/mol. The van der Waals surface area contributed by atoms with Gasteiger partial charge in [0.25, 0.3) is 0 Å². The van der Waals surface area contributed by atoms with Gasteiger partial charge in [-0.15, -0.1) is 0 Å². The van der Waals surface area contributed by atoms with Crippen molar-refractivity contribution in [1.82, 2.24) is 0 Å². The van der Waals surface area contributed by atoms with Gasteiger partial charge in [0.15, 0.2) is 0 Å². The molecule has 24 heavy (non-hydrogen) atoms. The fourth-order valence-electron chi connectivity index (χ4n) is 2.20. The Morgan fingerprint density at radius 1 is 0.708 bits per heavy atom. The van der Waals surface area contributed by atoms with E-state index >= 15 is 0 Å². The molecule has 2 rings (SSSR count). The molecule has 2 N–H and O–H groups in total. The highest BCUT2D eigenvalue weighted by Gasteiger charge is 2.54. The maximum Gasteiger partial charge on any atom is 0.402 e. The van der Waals surface area contributed by atoms with Crippen LogP contribution in [0.1, 0.15) is 18.1 Å². The van der Waals surface area contributed by atoms with Crippen LogP contribution in [-0.2, 0) is 5.41 Å². The molecule has 0 saturated heterocycles. The lowest BCUT2D eigenvalue weighted by Crippen LogP contribution is -2.40. The summed E-state index contributed by atoms with van der Waals surface area (Å²) in [5.74, 6) is -0.368. The van der Waals surface area contributed by atoms with Gasteiger partial charge in [-0.25, -0.2) is 0 Å². The second-order valence-electron chi connectivity index (χ2n) is 5.20. The van der Waals surface area contributed by atoms with Crippen molar-refractivity contribution in [2.24, 2.45) is 0 Å². The van der Waals surface area contributed by atoms with Gasteiger partial charge in [-0.05, 0) is 106 Å². The number of aromatic hydroxyl groups is 2. The second kappa shape index (κ2) is 6.81. The first-order valence-electron chi connectivity index (χ1n) is 6.33. The number of hydrogen-bond acceptors (Lipinski definition) is 2. The average Bonchev–Trinajstić information content (AvgIpc) is 2.47. The maximum absolute atomic E-state index is 14.0. The Hall–Kier alpha value is -0.250. The van der Waals surface area contributed by atoms with Gasteiger partial charge >= 0.3 is 6.18 Å². The molecule has 0 heterocycles. The van der Waals surface area contributed by atoms with E-state index in [1.807, 2.05) is 0 Å². The monoisotopic (exact) mass is 594 g/mol. The fraction of sp³-hybridized carbons (Fsp3) is 0.200. The molecule has 0 saturated carbocycles. The molecule has 2 nitrogen and oxygen atoms in total. The topological polar surface area (TPSA) is 40.5 Å². The largest absolute Gasteiger partial charge is 0.506 e. The van der Waals surface area contributed by atoms with E-state index in [2.05, 4.69) is 63.7 Å². The van der Waals surface area contributed by atoms with E-state index in [0.29, 0.717) is 0 Å². The van der Waals surface area contributed by atoms with E-state index in [-0.39, 0.29) is 40.5 Å². The molecule has 0 spiro atoms. The quantitative estimate of drug-likeness (QED) is 0.391. The smallest absolute Gasteiger partial charge is 0.402 e. The predicted octanol–water partition coefficient (Wildman–Crippen LogP) is 7.02. The van der Waals surface area contributed by atoms with Crippen LogP contribution in [0, 0.1) is 0 Å². The van der Waals surface area contributed by atoms with Crippen molar-refractivity contribution in [1.29, 1.82) is 0 Å². The maximum atomic E-state index is 14.0. The molecule has 9 heteroatoms. The van der Waals surface area contributed by atoms with Crippen molar-refractivity contribution >= 4 is 63.7 Å². The standard InChI is InChI=1S/C15H9Br4F3O2/c1-14(15(20,21)22,6-2-8(16)12(23)9(17)3-6)7-4-10(18)13(24)11(19)5-7/h2-5,23-24H,1H3. The highest BCUT2D eigenvalue weighted by molar-refractivity contribution is 9.11. The van der Waals surface area contributed by atoms with Gasteiger partial charge in [0, 0.05) is 0 Å². The Labute approximate surface area is 169 Å². The summed E-state index contributed by atoms with van der Waals surface area (Å²) < 4.78 is 42.6. The molecule has 2 aromatic carbocycles. The molecule has 0 fully saturated rings. The Morgan fingerprint density at radius 2 is 0.958 bits per heavy atom. The molecule has 0 unspecified atom stereocenters. The highest BCUT2D eigenvalue weighted by atomic mass is 79.9. The van der Waals surface area contributed by atoms with Crippen molar-refractivity contribution in [2.45, 2.75) is 18.5 Å². The third kappa shape index (κ3) is 3.37.